The van der Waals surface area contributed by atoms with Crippen LogP contribution in [0.3, 0.4) is 0 Å². The normalized spacial score (nSPS) is 13.5. The van der Waals surface area contributed by atoms with E-state index in [4.69, 9.17) is 4.74 Å². The number of carbonyl (C=O) groups is 2. The topological polar surface area (TPSA) is 104 Å². The zero-order valence-electron chi connectivity index (χ0n) is 17.5. The van der Waals surface area contributed by atoms with Gasteiger partial charge in [-0.25, -0.2) is 14.2 Å². The standard InChI is InChI=1S/C22H21FN4O5/c1-25(2)15-11-16(26-9-10-32-22(26)31)20-24-18(19(29)21(30)27(20)12-15)17(28)8-5-13-3-6-14(23)7-4-13/h3-4,6-7,11-12,29H,5,8-10H2,1-2H3. The largest absolute Gasteiger partial charge is 0.501 e. The molecule has 1 saturated heterocycles. The molecule has 0 spiro atoms. The molecule has 1 fully saturated rings. The van der Waals surface area contributed by atoms with Gasteiger partial charge in [0.05, 0.1) is 17.9 Å². The number of Topliss-reactive ketones (excluding diaryl/α,β-unsaturated/α-hetero) is 1. The highest BCUT2D eigenvalue weighted by molar-refractivity contribution is 5.99. The van der Waals surface area contributed by atoms with Crippen molar-refractivity contribution in [3.05, 3.63) is 64.0 Å². The number of anilines is 2. The molecule has 32 heavy (non-hydrogen) atoms. The lowest BCUT2D eigenvalue weighted by Gasteiger charge is -2.20. The van der Waals surface area contributed by atoms with Crippen LogP contribution in [0.2, 0.25) is 0 Å². The number of ether oxygens (including phenoxy) is 1. The maximum absolute atomic E-state index is 13.1. The molecule has 1 aliphatic heterocycles. The van der Waals surface area contributed by atoms with E-state index in [9.17, 15) is 23.9 Å². The van der Waals surface area contributed by atoms with Crippen LogP contribution in [0, 0.1) is 5.82 Å². The van der Waals surface area contributed by atoms with Crippen molar-refractivity contribution in [1.29, 1.82) is 0 Å². The first-order valence-corrected chi connectivity index (χ1v) is 9.95. The minimum Gasteiger partial charge on any atom is -0.501 e. The molecular weight excluding hydrogens is 419 g/mol. The van der Waals surface area contributed by atoms with E-state index in [0.717, 1.165) is 9.96 Å². The van der Waals surface area contributed by atoms with Gasteiger partial charge in [0, 0.05) is 26.7 Å². The van der Waals surface area contributed by atoms with Crippen molar-refractivity contribution in [2.24, 2.45) is 0 Å². The Balaban J connectivity index is 1.78. The van der Waals surface area contributed by atoms with Gasteiger partial charge in [-0.3, -0.25) is 18.9 Å². The van der Waals surface area contributed by atoms with E-state index in [-0.39, 0.29) is 43.2 Å². The highest BCUT2D eigenvalue weighted by Crippen LogP contribution is 2.29. The highest BCUT2D eigenvalue weighted by atomic mass is 19.1. The van der Waals surface area contributed by atoms with E-state index < -0.39 is 23.2 Å². The first-order chi connectivity index (χ1) is 15.3. The number of nitrogens with zero attached hydrogens (tertiary/aromatic N) is 4. The Bertz CT molecular complexity index is 1270. The highest BCUT2D eigenvalue weighted by Gasteiger charge is 2.29. The molecule has 1 aliphatic rings. The maximum Gasteiger partial charge on any atom is 0.414 e. The van der Waals surface area contributed by atoms with Gasteiger partial charge in [-0.1, -0.05) is 12.1 Å². The summed E-state index contributed by atoms with van der Waals surface area (Å²) in [4.78, 5) is 45.3. The molecule has 3 aromatic rings. The number of aromatic nitrogens is 2. The number of ketones is 1. The van der Waals surface area contributed by atoms with Gasteiger partial charge in [-0.2, -0.15) is 0 Å². The molecule has 9 nitrogen and oxygen atoms in total. The van der Waals surface area contributed by atoms with Crippen LogP contribution in [0.15, 0.2) is 41.3 Å². The molecule has 3 heterocycles. The average Bonchev–Trinajstić information content (AvgIpc) is 3.20. The summed E-state index contributed by atoms with van der Waals surface area (Å²) in [6.45, 7) is 0.443. The summed E-state index contributed by atoms with van der Waals surface area (Å²) >= 11 is 0. The molecule has 1 aromatic carbocycles. The minimum absolute atomic E-state index is 0.0430. The molecule has 4 rings (SSSR count). The second-order valence-corrected chi connectivity index (χ2v) is 7.60. The van der Waals surface area contributed by atoms with Crippen LogP contribution in [-0.2, 0) is 11.2 Å². The van der Waals surface area contributed by atoms with Gasteiger partial charge in [0.2, 0.25) is 5.75 Å². The molecule has 1 amide bonds. The van der Waals surface area contributed by atoms with Crippen molar-refractivity contribution in [3.8, 4) is 5.75 Å². The number of amides is 1. The molecule has 1 N–H and O–H groups in total. The smallest absolute Gasteiger partial charge is 0.414 e. The molecule has 0 aliphatic carbocycles. The molecule has 0 saturated carbocycles. The number of hydrogen-bond donors (Lipinski definition) is 1. The number of pyridine rings is 1. The summed E-state index contributed by atoms with van der Waals surface area (Å²) in [5, 5.41) is 10.5. The second-order valence-electron chi connectivity index (χ2n) is 7.60. The zero-order chi connectivity index (χ0) is 23.0. The fourth-order valence-electron chi connectivity index (χ4n) is 3.48. The van der Waals surface area contributed by atoms with Gasteiger partial charge in [-0.05, 0) is 30.2 Å². The van der Waals surface area contributed by atoms with Crippen LogP contribution < -0.4 is 15.4 Å². The van der Waals surface area contributed by atoms with E-state index in [1.807, 2.05) is 0 Å². The van der Waals surface area contributed by atoms with Crippen molar-refractivity contribution in [2.45, 2.75) is 12.8 Å². The second kappa shape index (κ2) is 8.29. The summed E-state index contributed by atoms with van der Waals surface area (Å²) in [6.07, 6.45) is 1.12. The SMILES string of the molecule is CN(C)c1cc(N2CCOC2=O)c2nc(C(=O)CCc3ccc(F)cc3)c(O)c(=O)n2c1. The minimum atomic E-state index is -0.822. The Labute approximate surface area is 182 Å². The third-order valence-corrected chi connectivity index (χ3v) is 5.25. The first-order valence-electron chi connectivity index (χ1n) is 9.95. The van der Waals surface area contributed by atoms with E-state index in [0.29, 0.717) is 11.4 Å². The Morgan fingerprint density at radius 2 is 1.97 bits per heavy atom. The van der Waals surface area contributed by atoms with E-state index in [1.165, 1.54) is 23.2 Å². The molecule has 10 heteroatoms. The lowest BCUT2D eigenvalue weighted by Crippen LogP contribution is -2.28. The van der Waals surface area contributed by atoms with E-state index in [1.54, 1.807) is 37.2 Å². The number of aromatic hydroxyl groups is 1. The summed E-state index contributed by atoms with van der Waals surface area (Å²) in [7, 11) is 3.53. The molecule has 2 aromatic heterocycles. The van der Waals surface area contributed by atoms with Crippen molar-refractivity contribution in [1.82, 2.24) is 9.38 Å². The van der Waals surface area contributed by atoms with E-state index >= 15 is 0 Å². The number of carbonyl (C=O) groups excluding carboxylic acids is 2. The third kappa shape index (κ3) is 3.86. The summed E-state index contributed by atoms with van der Waals surface area (Å²) in [5.74, 6) is -1.69. The molecule has 0 bridgehead atoms. The van der Waals surface area contributed by atoms with Gasteiger partial charge in [0.15, 0.2) is 17.1 Å². The third-order valence-electron chi connectivity index (χ3n) is 5.25. The number of hydrogen-bond acceptors (Lipinski definition) is 7. The van der Waals surface area contributed by atoms with Crippen LogP contribution in [0.25, 0.3) is 5.65 Å². The number of benzene rings is 1. The quantitative estimate of drug-likeness (QED) is 0.587. The fraction of sp³-hybridized carbons (Fsp3) is 0.273. The molecular formula is C22H21FN4O5. The monoisotopic (exact) mass is 440 g/mol. The van der Waals surface area contributed by atoms with Crippen molar-refractivity contribution in [2.75, 3.05) is 37.0 Å². The summed E-state index contributed by atoms with van der Waals surface area (Å²) < 4.78 is 19.2. The predicted molar refractivity (Wildman–Crippen MR) is 115 cm³/mol. The van der Waals surface area contributed by atoms with Crippen molar-refractivity contribution in [3.63, 3.8) is 0 Å². The zero-order valence-corrected chi connectivity index (χ0v) is 17.5. The van der Waals surface area contributed by atoms with Gasteiger partial charge in [0.25, 0.3) is 0 Å². The molecule has 0 atom stereocenters. The molecule has 166 valence electrons. The van der Waals surface area contributed by atoms with Crippen molar-refractivity contribution >= 4 is 28.9 Å². The van der Waals surface area contributed by atoms with Crippen molar-refractivity contribution < 1.29 is 23.8 Å². The van der Waals surface area contributed by atoms with Gasteiger partial charge in [-0.15, -0.1) is 0 Å². The number of fused-ring (bicyclic) bond motifs is 1. The lowest BCUT2D eigenvalue weighted by atomic mass is 10.1. The molecule has 0 radical (unpaired) electrons. The summed E-state index contributed by atoms with van der Waals surface area (Å²) in [6, 6.07) is 7.37. The van der Waals surface area contributed by atoms with Gasteiger partial charge < -0.3 is 14.7 Å². The Morgan fingerprint density at radius 1 is 1.25 bits per heavy atom. The number of rotatable bonds is 6. The van der Waals surface area contributed by atoms with Gasteiger partial charge >= 0.3 is 11.7 Å². The Kier molecular flexibility index (Phi) is 5.52. The Hall–Kier alpha value is -3.95. The predicted octanol–water partition coefficient (Wildman–Crippen LogP) is 2.38. The lowest BCUT2D eigenvalue weighted by molar-refractivity contribution is 0.0975. The number of aryl methyl sites for hydroxylation is 1. The van der Waals surface area contributed by atoms with Crippen LogP contribution >= 0.6 is 0 Å². The average molecular weight is 440 g/mol. The first kappa shape index (κ1) is 21.3. The van der Waals surface area contributed by atoms with Crippen LogP contribution in [-0.4, -0.2) is 53.6 Å². The molecule has 0 unspecified atom stereocenters. The number of halogens is 1. The summed E-state index contributed by atoms with van der Waals surface area (Å²) in [5.41, 5.74) is 0.478. The Morgan fingerprint density at radius 3 is 2.59 bits per heavy atom. The van der Waals surface area contributed by atoms with Gasteiger partial charge in [0.1, 0.15) is 12.4 Å². The van der Waals surface area contributed by atoms with Crippen LogP contribution in [0.5, 0.6) is 5.75 Å². The van der Waals surface area contributed by atoms with E-state index in [2.05, 4.69) is 4.98 Å². The van der Waals surface area contributed by atoms with Crippen LogP contribution in [0.1, 0.15) is 22.5 Å². The van der Waals surface area contributed by atoms with Crippen LogP contribution in [0.4, 0.5) is 20.6 Å². The maximum atomic E-state index is 13.1. The fourth-order valence-corrected chi connectivity index (χ4v) is 3.48. The number of cyclic esters (lactones) is 1.